The number of likely N-dealkylation sites (tertiary alicyclic amines) is 1. The molecule has 0 bridgehead atoms. The smallest absolute Gasteiger partial charge is 0.272 e. The number of nitro benzene ring substituents is 1. The van der Waals surface area contributed by atoms with Crippen LogP contribution in [0.3, 0.4) is 0 Å². The zero-order chi connectivity index (χ0) is 20.1. The molecule has 2 aliphatic rings. The van der Waals surface area contributed by atoms with Gasteiger partial charge >= 0.3 is 0 Å². The highest BCUT2D eigenvalue weighted by molar-refractivity contribution is 5.45. The predicted molar refractivity (Wildman–Crippen MR) is 110 cm³/mol. The van der Waals surface area contributed by atoms with Crippen molar-refractivity contribution < 1.29 is 14.4 Å². The third-order valence-corrected chi connectivity index (χ3v) is 6.79. The lowest BCUT2D eigenvalue weighted by Gasteiger charge is -2.48. The number of piperidine rings is 1. The summed E-state index contributed by atoms with van der Waals surface area (Å²) >= 11 is 0. The Bertz CT molecular complexity index is 663. The molecular formula is C22H34N2O4. The van der Waals surface area contributed by atoms with Crippen LogP contribution in [0.2, 0.25) is 0 Å². The summed E-state index contributed by atoms with van der Waals surface area (Å²) in [5.74, 6) is 1.22. The van der Waals surface area contributed by atoms with Gasteiger partial charge in [-0.05, 0) is 89.9 Å². The maximum Gasteiger partial charge on any atom is 0.272 e. The molecule has 0 N–H and O–H groups in total. The average Bonchev–Trinajstić information content (AvgIpc) is 2.69. The van der Waals surface area contributed by atoms with Crippen molar-refractivity contribution in [2.45, 2.75) is 70.4 Å². The molecule has 0 atom stereocenters. The van der Waals surface area contributed by atoms with Crippen LogP contribution in [0.25, 0.3) is 0 Å². The lowest BCUT2D eigenvalue weighted by molar-refractivity contribution is -0.385. The number of rotatable bonds is 7. The summed E-state index contributed by atoms with van der Waals surface area (Å²) in [4.78, 5) is 13.8. The molecule has 1 saturated carbocycles. The quantitative estimate of drug-likeness (QED) is 0.503. The van der Waals surface area contributed by atoms with E-state index in [1.807, 2.05) is 20.1 Å². The molecule has 2 fully saturated rings. The largest absolute Gasteiger partial charge is 0.494 e. The monoisotopic (exact) mass is 390 g/mol. The van der Waals surface area contributed by atoms with Crippen molar-refractivity contribution in [2.75, 3.05) is 26.8 Å². The van der Waals surface area contributed by atoms with E-state index in [4.69, 9.17) is 9.47 Å². The minimum Gasteiger partial charge on any atom is -0.494 e. The molecule has 6 heteroatoms. The van der Waals surface area contributed by atoms with Gasteiger partial charge in [-0.2, -0.15) is 0 Å². The van der Waals surface area contributed by atoms with Crippen molar-refractivity contribution in [2.24, 2.45) is 5.92 Å². The Morgan fingerprint density at radius 2 is 1.89 bits per heavy atom. The highest BCUT2D eigenvalue weighted by atomic mass is 16.6. The van der Waals surface area contributed by atoms with Gasteiger partial charge in [0, 0.05) is 24.3 Å². The van der Waals surface area contributed by atoms with Gasteiger partial charge in [-0.25, -0.2) is 0 Å². The van der Waals surface area contributed by atoms with Crippen molar-refractivity contribution in [1.82, 2.24) is 4.90 Å². The molecule has 28 heavy (non-hydrogen) atoms. The van der Waals surface area contributed by atoms with Gasteiger partial charge in [0.15, 0.2) is 0 Å². The summed E-state index contributed by atoms with van der Waals surface area (Å²) in [5.41, 5.74) is 1.30. The topological polar surface area (TPSA) is 64.8 Å². The van der Waals surface area contributed by atoms with E-state index in [0.717, 1.165) is 56.5 Å². The van der Waals surface area contributed by atoms with Crippen LogP contribution in [0.4, 0.5) is 5.69 Å². The Balaban J connectivity index is 1.60. The molecule has 156 valence electrons. The fraction of sp³-hybridized carbons (Fsp3) is 0.727. The van der Waals surface area contributed by atoms with E-state index >= 15 is 0 Å². The van der Waals surface area contributed by atoms with Crippen LogP contribution in [-0.4, -0.2) is 48.3 Å². The third-order valence-electron chi connectivity index (χ3n) is 6.79. The molecule has 0 radical (unpaired) electrons. The fourth-order valence-corrected chi connectivity index (χ4v) is 4.91. The second kappa shape index (κ2) is 9.23. The zero-order valence-corrected chi connectivity index (χ0v) is 17.5. The number of nitro groups is 1. The Hall–Kier alpha value is -1.66. The molecule has 0 amide bonds. The van der Waals surface area contributed by atoms with Crippen molar-refractivity contribution >= 4 is 5.69 Å². The minimum absolute atomic E-state index is 0.218. The number of nitrogens with zero attached hydrogens (tertiary/aromatic N) is 2. The lowest BCUT2D eigenvalue weighted by atomic mass is 9.78. The number of hydrogen-bond acceptors (Lipinski definition) is 5. The zero-order valence-electron chi connectivity index (χ0n) is 17.5. The van der Waals surface area contributed by atoms with E-state index in [0.29, 0.717) is 18.6 Å². The number of hydrogen-bond donors (Lipinski definition) is 0. The number of benzene rings is 1. The summed E-state index contributed by atoms with van der Waals surface area (Å²) in [5, 5.41) is 11.4. The van der Waals surface area contributed by atoms with E-state index in [9.17, 15) is 10.1 Å². The van der Waals surface area contributed by atoms with Crippen LogP contribution in [0.15, 0.2) is 18.2 Å². The first-order valence-corrected chi connectivity index (χ1v) is 10.6. The first-order valence-electron chi connectivity index (χ1n) is 10.6. The first kappa shape index (κ1) is 21.1. The standard InChI is InChI=1S/C22H34N2O4/c1-4-28-20-5-6-21(24(25)26)18(16-20)15-17-9-13-23(14-10-17)22(2)11-7-19(27-3)8-12-22/h5-6,16-17,19H,4,7-15H2,1-3H3. The Morgan fingerprint density at radius 3 is 2.46 bits per heavy atom. The molecule has 1 aromatic carbocycles. The van der Waals surface area contributed by atoms with Gasteiger partial charge in [-0.3, -0.25) is 15.0 Å². The van der Waals surface area contributed by atoms with Crippen LogP contribution >= 0.6 is 0 Å². The Kier molecular flexibility index (Phi) is 6.94. The van der Waals surface area contributed by atoms with Crippen LogP contribution in [0, 0.1) is 16.0 Å². The molecule has 6 nitrogen and oxygen atoms in total. The number of ether oxygens (including phenoxy) is 2. The third kappa shape index (κ3) is 4.84. The molecule has 0 aromatic heterocycles. The van der Waals surface area contributed by atoms with Crippen LogP contribution in [-0.2, 0) is 11.2 Å². The van der Waals surface area contributed by atoms with Crippen molar-refractivity contribution in [3.8, 4) is 5.75 Å². The average molecular weight is 391 g/mol. The lowest BCUT2D eigenvalue weighted by Crippen LogP contribution is -2.52. The maximum absolute atomic E-state index is 11.4. The molecule has 1 saturated heterocycles. The van der Waals surface area contributed by atoms with Crippen LogP contribution < -0.4 is 4.74 Å². The van der Waals surface area contributed by atoms with Gasteiger partial charge in [0.1, 0.15) is 5.75 Å². The molecule has 0 unspecified atom stereocenters. The fourth-order valence-electron chi connectivity index (χ4n) is 4.91. The molecule has 1 aliphatic carbocycles. The van der Waals surface area contributed by atoms with Crippen molar-refractivity contribution in [3.05, 3.63) is 33.9 Å². The summed E-state index contributed by atoms with van der Waals surface area (Å²) < 4.78 is 11.1. The van der Waals surface area contributed by atoms with E-state index in [1.54, 1.807) is 12.1 Å². The van der Waals surface area contributed by atoms with Gasteiger partial charge in [0.2, 0.25) is 0 Å². The molecule has 1 aromatic rings. The van der Waals surface area contributed by atoms with Crippen molar-refractivity contribution in [3.63, 3.8) is 0 Å². The van der Waals surface area contributed by atoms with Gasteiger partial charge < -0.3 is 9.47 Å². The van der Waals surface area contributed by atoms with E-state index in [1.165, 1.54) is 12.8 Å². The van der Waals surface area contributed by atoms with E-state index in [-0.39, 0.29) is 16.1 Å². The van der Waals surface area contributed by atoms with E-state index < -0.39 is 0 Å². The second-order valence-electron chi connectivity index (χ2n) is 8.55. The number of methoxy groups -OCH3 is 1. The molecule has 1 heterocycles. The highest BCUT2D eigenvalue weighted by Crippen LogP contribution is 2.38. The van der Waals surface area contributed by atoms with Gasteiger partial charge in [-0.1, -0.05) is 0 Å². The predicted octanol–water partition coefficient (Wildman–Crippen LogP) is 4.60. The normalized spacial score (nSPS) is 26.9. The summed E-state index contributed by atoms with van der Waals surface area (Å²) in [6.07, 6.45) is 8.04. The van der Waals surface area contributed by atoms with Crippen molar-refractivity contribution in [1.29, 1.82) is 0 Å². The minimum atomic E-state index is -0.268. The van der Waals surface area contributed by atoms with Crippen LogP contribution in [0.5, 0.6) is 5.75 Å². The Morgan fingerprint density at radius 1 is 1.21 bits per heavy atom. The second-order valence-corrected chi connectivity index (χ2v) is 8.55. The summed E-state index contributed by atoms with van der Waals surface area (Å²) in [6, 6.07) is 5.15. The summed E-state index contributed by atoms with van der Waals surface area (Å²) in [6.45, 7) is 7.06. The van der Waals surface area contributed by atoms with Gasteiger partial charge in [0.25, 0.3) is 5.69 Å². The molecule has 3 rings (SSSR count). The van der Waals surface area contributed by atoms with E-state index in [2.05, 4.69) is 11.8 Å². The maximum atomic E-state index is 11.4. The van der Waals surface area contributed by atoms with Gasteiger partial charge in [-0.15, -0.1) is 0 Å². The molecular weight excluding hydrogens is 356 g/mol. The first-order chi connectivity index (χ1) is 13.4. The van der Waals surface area contributed by atoms with Crippen LogP contribution in [0.1, 0.15) is 57.9 Å². The molecule has 0 spiro atoms. The molecule has 1 aliphatic heterocycles. The summed E-state index contributed by atoms with van der Waals surface area (Å²) in [7, 11) is 1.82. The Labute approximate surface area is 168 Å². The van der Waals surface area contributed by atoms with Gasteiger partial charge in [0.05, 0.1) is 17.6 Å². The SMILES string of the molecule is CCOc1ccc([N+](=O)[O-])c(CC2CCN(C3(C)CCC(OC)CC3)CC2)c1. The highest BCUT2D eigenvalue weighted by Gasteiger charge is 2.38.